The number of nitro groups is 1. The standard InChI is InChI=1S/C21H14ClN3O4/c1-12-4-2-3-5-16(12)21-24-17-10-15(6-7-19(17)29-21)23-11-13-8-14(22)9-18(20(13)26)25(27)28/h2-11,26H,1H3. The van der Waals surface area contributed by atoms with Gasteiger partial charge in [0.2, 0.25) is 11.6 Å². The fraction of sp³-hybridized carbons (Fsp3) is 0.0476. The molecule has 0 saturated heterocycles. The zero-order valence-electron chi connectivity index (χ0n) is 15.2. The first-order valence-electron chi connectivity index (χ1n) is 8.60. The number of hydrogen-bond donors (Lipinski definition) is 1. The van der Waals surface area contributed by atoms with Crippen LogP contribution < -0.4 is 0 Å². The molecule has 4 aromatic rings. The van der Waals surface area contributed by atoms with E-state index in [0.29, 0.717) is 22.7 Å². The first-order valence-corrected chi connectivity index (χ1v) is 8.98. The van der Waals surface area contributed by atoms with Crippen molar-refractivity contribution >= 4 is 40.3 Å². The van der Waals surface area contributed by atoms with Crippen LogP contribution >= 0.6 is 11.6 Å². The van der Waals surface area contributed by atoms with Gasteiger partial charge in [-0.15, -0.1) is 0 Å². The molecular formula is C21H14ClN3O4. The van der Waals surface area contributed by atoms with E-state index in [1.165, 1.54) is 12.3 Å². The van der Waals surface area contributed by atoms with E-state index in [-0.39, 0.29) is 10.6 Å². The van der Waals surface area contributed by atoms with E-state index in [1.807, 2.05) is 31.2 Å². The van der Waals surface area contributed by atoms with E-state index < -0.39 is 16.4 Å². The SMILES string of the molecule is Cc1ccccc1-c1nc2cc(N=Cc3cc(Cl)cc([N+](=O)[O-])c3O)ccc2o1. The highest BCUT2D eigenvalue weighted by Gasteiger charge is 2.17. The van der Waals surface area contributed by atoms with Crippen molar-refractivity contribution in [3.8, 4) is 17.2 Å². The second kappa shape index (κ2) is 7.37. The average Bonchev–Trinajstić information content (AvgIpc) is 3.11. The Morgan fingerprint density at radius 2 is 2.00 bits per heavy atom. The summed E-state index contributed by atoms with van der Waals surface area (Å²) >= 11 is 5.90. The molecule has 7 nitrogen and oxygen atoms in total. The molecule has 3 aromatic carbocycles. The fourth-order valence-electron chi connectivity index (χ4n) is 2.91. The van der Waals surface area contributed by atoms with Crippen molar-refractivity contribution in [2.24, 2.45) is 4.99 Å². The summed E-state index contributed by atoms with van der Waals surface area (Å²) in [5.41, 5.74) is 3.41. The summed E-state index contributed by atoms with van der Waals surface area (Å²) in [7, 11) is 0. The topological polar surface area (TPSA) is 102 Å². The molecule has 0 aliphatic carbocycles. The number of benzene rings is 3. The van der Waals surface area contributed by atoms with E-state index in [1.54, 1.807) is 18.2 Å². The predicted octanol–water partition coefficient (Wildman–Crippen LogP) is 5.82. The summed E-state index contributed by atoms with van der Waals surface area (Å²) in [6.45, 7) is 1.98. The number of phenolic OH excluding ortho intramolecular Hbond substituents is 1. The van der Waals surface area contributed by atoms with Crippen molar-refractivity contribution in [2.45, 2.75) is 6.92 Å². The lowest BCUT2D eigenvalue weighted by Crippen LogP contribution is -1.92. The minimum atomic E-state index is -0.701. The number of fused-ring (bicyclic) bond motifs is 1. The molecule has 4 rings (SSSR count). The van der Waals surface area contributed by atoms with Gasteiger partial charge in [0.15, 0.2) is 5.58 Å². The maximum atomic E-state index is 11.0. The van der Waals surface area contributed by atoms with Crippen LogP contribution in [0.3, 0.4) is 0 Å². The number of nitrogens with zero attached hydrogens (tertiary/aromatic N) is 3. The highest BCUT2D eigenvalue weighted by atomic mass is 35.5. The molecule has 0 fully saturated rings. The zero-order valence-corrected chi connectivity index (χ0v) is 15.9. The van der Waals surface area contributed by atoms with Crippen LogP contribution in [0.15, 0.2) is 64.0 Å². The molecule has 144 valence electrons. The van der Waals surface area contributed by atoms with Crippen LogP contribution in [0.4, 0.5) is 11.4 Å². The summed E-state index contributed by atoms with van der Waals surface area (Å²) in [6.07, 6.45) is 1.32. The van der Waals surface area contributed by atoms with Crippen molar-refractivity contribution in [2.75, 3.05) is 0 Å². The van der Waals surface area contributed by atoms with Crippen LogP contribution in [-0.4, -0.2) is 21.2 Å². The second-order valence-corrected chi connectivity index (χ2v) is 6.80. The summed E-state index contributed by atoms with van der Waals surface area (Å²) < 4.78 is 5.83. The van der Waals surface area contributed by atoms with E-state index in [0.717, 1.165) is 17.2 Å². The van der Waals surface area contributed by atoms with E-state index in [9.17, 15) is 15.2 Å². The van der Waals surface area contributed by atoms with Gasteiger partial charge in [-0.3, -0.25) is 15.1 Å². The predicted molar refractivity (Wildman–Crippen MR) is 111 cm³/mol. The van der Waals surface area contributed by atoms with Crippen LogP contribution in [0, 0.1) is 17.0 Å². The van der Waals surface area contributed by atoms with E-state index in [4.69, 9.17) is 16.0 Å². The fourth-order valence-corrected chi connectivity index (χ4v) is 3.13. The third-order valence-corrected chi connectivity index (χ3v) is 4.60. The molecule has 8 heteroatoms. The molecule has 0 bridgehead atoms. The van der Waals surface area contributed by atoms with Crippen molar-refractivity contribution in [1.82, 2.24) is 4.98 Å². The van der Waals surface area contributed by atoms with Gasteiger partial charge in [-0.25, -0.2) is 4.98 Å². The summed E-state index contributed by atoms with van der Waals surface area (Å²) in [5.74, 6) is 0.0230. The Labute approximate surface area is 170 Å². The number of halogens is 1. The highest BCUT2D eigenvalue weighted by molar-refractivity contribution is 6.31. The molecule has 1 heterocycles. The van der Waals surface area contributed by atoms with Crippen LogP contribution in [0.25, 0.3) is 22.6 Å². The third-order valence-electron chi connectivity index (χ3n) is 4.38. The molecule has 0 amide bonds. The lowest BCUT2D eigenvalue weighted by Gasteiger charge is -2.01. The number of aliphatic imine (C=N–C) groups is 1. The number of rotatable bonds is 4. The molecule has 0 saturated carbocycles. The zero-order chi connectivity index (χ0) is 20.5. The van der Waals surface area contributed by atoms with Crippen molar-refractivity contribution in [3.63, 3.8) is 0 Å². The quantitative estimate of drug-likeness (QED) is 0.261. The highest BCUT2D eigenvalue weighted by Crippen LogP contribution is 2.33. The third kappa shape index (κ3) is 3.68. The number of phenols is 1. The van der Waals surface area contributed by atoms with Gasteiger partial charge in [0.05, 0.1) is 10.6 Å². The average molecular weight is 408 g/mol. The molecule has 29 heavy (non-hydrogen) atoms. The van der Waals surface area contributed by atoms with Gasteiger partial charge in [0, 0.05) is 28.4 Å². The maximum Gasteiger partial charge on any atom is 0.312 e. The van der Waals surface area contributed by atoms with E-state index in [2.05, 4.69) is 9.98 Å². The van der Waals surface area contributed by atoms with Crippen molar-refractivity contribution in [3.05, 3.63) is 80.9 Å². The van der Waals surface area contributed by atoms with Gasteiger partial charge in [-0.1, -0.05) is 29.8 Å². The monoisotopic (exact) mass is 407 g/mol. The van der Waals surface area contributed by atoms with Gasteiger partial charge < -0.3 is 9.52 Å². The van der Waals surface area contributed by atoms with Crippen LogP contribution in [-0.2, 0) is 0 Å². The van der Waals surface area contributed by atoms with Gasteiger partial charge in [0.25, 0.3) is 0 Å². The molecule has 0 aliphatic heterocycles. The minimum Gasteiger partial charge on any atom is -0.502 e. The number of aryl methyl sites for hydroxylation is 1. The normalized spacial score (nSPS) is 11.4. The molecule has 0 atom stereocenters. The smallest absolute Gasteiger partial charge is 0.312 e. The molecule has 1 aromatic heterocycles. The largest absolute Gasteiger partial charge is 0.502 e. The van der Waals surface area contributed by atoms with Gasteiger partial charge in [-0.05, 0) is 42.8 Å². The number of aromatic nitrogens is 1. The summed E-state index contributed by atoms with van der Waals surface area (Å²) in [4.78, 5) is 19.1. The molecule has 0 radical (unpaired) electrons. The van der Waals surface area contributed by atoms with Crippen LogP contribution in [0.1, 0.15) is 11.1 Å². The first kappa shape index (κ1) is 18.6. The van der Waals surface area contributed by atoms with Gasteiger partial charge in [0.1, 0.15) is 5.52 Å². The maximum absolute atomic E-state index is 11.0. The minimum absolute atomic E-state index is 0.130. The Morgan fingerprint density at radius 1 is 1.21 bits per heavy atom. The number of hydrogen-bond acceptors (Lipinski definition) is 6. The van der Waals surface area contributed by atoms with Gasteiger partial charge >= 0.3 is 5.69 Å². The molecule has 0 aliphatic rings. The Hall–Kier alpha value is -3.71. The summed E-state index contributed by atoms with van der Waals surface area (Å²) in [5, 5.41) is 21.2. The lowest BCUT2D eigenvalue weighted by molar-refractivity contribution is -0.385. The Morgan fingerprint density at radius 3 is 2.76 bits per heavy atom. The van der Waals surface area contributed by atoms with Crippen LogP contribution in [0.5, 0.6) is 5.75 Å². The Balaban J connectivity index is 1.69. The molecule has 1 N–H and O–H groups in total. The molecular weight excluding hydrogens is 394 g/mol. The van der Waals surface area contributed by atoms with Crippen molar-refractivity contribution in [1.29, 1.82) is 0 Å². The lowest BCUT2D eigenvalue weighted by atomic mass is 10.1. The van der Waals surface area contributed by atoms with Crippen LogP contribution in [0.2, 0.25) is 5.02 Å². The molecule has 0 unspecified atom stereocenters. The first-order chi connectivity index (χ1) is 13.9. The molecule has 0 spiro atoms. The van der Waals surface area contributed by atoms with E-state index >= 15 is 0 Å². The number of aromatic hydroxyl groups is 1. The van der Waals surface area contributed by atoms with Crippen molar-refractivity contribution < 1.29 is 14.4 Å². The number of oxazole rings is 1. The van der Waals surface area contributed by atoms with Gasteiger partial charge in [-0.2, -0.15) is 0 Å². The Kier molecular flexibility index (Phi) is 4.74. The number of nitro benzene ring substituents is 1. The second-order valence-electron chi connectivity index (χ2n) is 6.36. The summed E-state index contributed by atoms with van der Waals surface area (Å²) in [6, 6.07) is 15.5. The Bertz CT molecular complexity index is 1280.